The molecule has 0 saturated heterocycles. The van der Waals surface area contributed by atoms with E-state index in [1.165, 1.54) is 0 Å². The monoisotopic (exact) mass is 307 g/mol. The highest BCUT2D eigenvalue weighted by atomic mass is 35.5. The number of rotatable bonds is 4. The number of hydrogen-bond donors (Lipinski definition) is 0. The molecule has 0 aliphatic carbocycles. The van der Waals surface area contributed by atoms with E-state index in [0.29, 0.717) is 5.56 Å². The van der Waals surface area contributed by atoms with Crippen LogP contribution in [0.3, 0.4) is 0 Å². The molecule has 4 heteroatoms. The van der Waals surface area contributed by atoms with Gasteiger partial charge in [-0.1, -0.05) is 35.9 Å². The van der Waals surface area contributed by atoms with E-state index in [-0.39, 0.29) is 0 Å². The molecule has 0 atom stereocenters. The summed E-state index contributed by atoms with van der Waals surface area (Å²) in [6.45, 7) is 0.738. The summed E-state index contributed by atoms with van der Waals surface area (Å²) < 4.78 is 2.11. The lowest BCUT2D eigenvalue weighted by Crippen LogP contribution is -2.04. The van der Waals surface area contributed by atoms with Gasteiger partial charge in [0.05, 0.1) is 18.0 Å². The normalized spacial score (nSPS) is 10.4. The molecule has 0 spiro atoms. The van der Waals surface area contributed by atoms with Gasteiger partial charge in [0.25, 0.3) is 0 Å². The predicted molar refractivity (Wildman–Crippen MR) is 86.7 cm³/mol. The zero-order chi connectivity index (χ0) is 15.4. The zero-order valence-electron chi connectivity index (χ0n) is 11.9. The van der Waals surface area contributed by atoms with Crippen molar-refractivity contribution in [2.75, 3.05) is 0 Å². The van der Waals surface area contributed by atoms with Crippen LogP contribution in [0.2, 0.25) is 5.02 Å². The summed E-state index contributed by atoms with van der Waals surface area (Å²) >= 11 is 6.03. The number of benzene rings is 2. The minimum absolute atomic E-state index is 0.675. The highest BCUT2D eigenvalue weighted by Gasteiger charge is 2.05. The first-order chi connectivity index (χ1) is 10.7. The number of nitriles is 1. The Kier molecular flexibility index (Phi) is 4.22. The summed E-state index contributed by atoms with van der Waals surface area (Å²) in [6, 6.07) is 17.6. The molecule has 3 rings (SSSR count). The summed E-state index contributed by atoms with van der Waals surface area (Å²) in [5.41, 5.74) is 4.11. The van der Waals surface area contributed by atoms with Crippen molar-refractivity contribution in [3.63, 3.8) is 0 Å². The zero-order valence-corrected chi connectivity index (χ0v) is 12.7. The van der Waals surface area contributed by atoms with Crippen molar-refractivity contribution in [2.24, 2.45) is 0 Å². The average molecular weight is 308 g/mol. The van der Waals surface area contributed by atoms with E-state index >= 15 is 0 Å². The molecular weight excluding hydrogens is 294 g/mol. The second-order valence-corrected chi connectivity index (χ2v) is 5.56. The van der Waals surface area contributed by atoms with Gasteiger partial charge < -0.3 is 4.57 Å². The average Bonchev–Trinajstić information content (AvgIpc) is 2.95. The Morgan fingerprint density at radius 3 is 2.64 bits per heavy atom. The van der Waals surface area contributed by atoms with Crippen LogP contribution < -0.4 is 0 Å². The first-order valence-corrected chi connectivity index (χ1v) is 7.35. The summed E-state index contributed by atoms with van der Waals surface area (Å²) in [4.78, 5) is 4.25. The van der Waals surface area contributed by atoms with Crippen LogP contribution in [-0.4, -0.2) is 9.55 Å². The Morgan fingerprint density at radius 2 is 1.91 bits per heavy atom. The SMILES string of the molecule is N#Cc1ccc(Cn2cncc2Cc2cccc(Cl)c2)cc1. The van der Waals surface area contributed by atoms with Crippen LogP contribution in [0.5, 0.6) is 0 Å². The van der Waals surface area contributed by atoms with E-state index in [2.05, 4.69) is 21.7 Å². The van der Waals surface area contributed by atoms with Gasteiger partial charge in [0.15, 0.2) is 0 Å². The van der Waals surface area contributed by atoms with Crippen LogP contribution in [0.15, 0.2) is 61.1 Å². The second kappa shape index (κ2) is 6.46. The molecule has 0 unspecified atom stereocenters. The number of hydrogen-bond acceptors (Lipinski definition) is 2. The van der Waals surface area contributed by atoms with Gasteiger partial charge in [-0.3, -0.25) is 0 Å². The largest absolute Gasteiger partial charge is 0.330 e. The molecule has 0 amide bonds. The Labute approximate surface area is 134 Å². The van der Waals surface area contributed by atoms with Crippen LogP contribution in [0.25, 0.3) is 0 Å². The van der Waals surface area contributed by atoms with Crippen molar-refractivity contribution in [1.82, 2.24) is 9.55 Å². The minimum Gasteiger partial charge on any atom is -0.330 e. The Hall–Kier alpha value is -2.57. The van der Waals surface area contributed by atoms with Crippen LogP contribution >= 0.6 is 11.6 Å². The highest BCUT2D eigenvalue weighted by Crippen LogP contribution is 2.15. The molecule has 1 heterocycles. The quantitative estimate of drug-likeness (QED) is 0.729. The van der Waals surface area contributed by atoms with Gasteiger partial charge in [-0.15, -0.1) is 0 Å². The summed E-state index contributed by atoms with van der Waals surface area (Å²) in [6.07, 6.45) is 4.50. The van der Waals surface area contributed by atoms with Crippen LogP contribution in [-0.2, 0) is 13.0 Å². The van der Waals surface area contributed by atoms with Crippen molar-refractivity contribution in [2.45, 2.75) is 13.0 Å². The number of aromatic nitrogens is 2. The van der Waals surface area contributed by atoms with Gasteiger partial charge >= 0.3 is 0 Å². The van der Waals surface area contributed by atoms with E-state index in [1.54, 1.807) is 0 Å². The maximum atomic E-state index is 8.84. The molecule has 0 N–H and O–H groups in total. The number of nitrogens with zero attached hydrogens (tertiary/aromatic N) is 3. The van der Waals surface area contributed by atoms with E-state index < -0.39 is 0 Å². The third-order valence-electron chi connectivity index (χ3n) is 3.51. The van der Waals surface area contributed by atoms with Crippen molar-refractivity contribution in [3.05, 3.63) is 88.5 Å². The number of imidazole rings is 1. The van der Waals surface area contributed by atoms with Gasteiger partial charge in [-0.25, -0.2) is 4.98 Å². The van der Waals surface area contributed by atoms with E-state index in [1.807, 2.05) is 55.0 Å². The fourth-order valence-corrected chi connectivity index (χ4v) is 2.59. The van der Waals surface area contributed by atoms with Crippen LogP contribution in [0, 0.1) is 11.3 Å². The van der Waals surface area contributed by atoms with Gasteiger partial charge in [0, 0.05) is 29.9 Å². The smallest absolute Gasteiger partial charge is 0.0991 e. The van der Waals surface area contributed by atoms with Crippen molar-refractivity contribution in [1.29, 1.82) is 5.26 Å². The molecule has 0 bridgehead atoms. The van der Waals surface area contributed by atoms with Crippen molar-refractivity contribution >= 4 is 11.6 Å². The lowest BCUT2D eigenvalue weighted by Gasteiger charge is -2.09. The molecule has 0 aliphatic heterocycles. The maximum Gasteiger partial charge on any atom is 0.0991 e. The standard InChI is InChI=1S/C18H14ClN3/c19-17-3-1-2-16(8-17)9-18-11-21-13-22(18)12-15-6-4-14(10-20)5-7-15/h1-8,11,13H,9,12H2. The van der Waals surface area contributed by atoms with Gasteiger partial charge in [-0.05, 0) is 35.4 Å². The van der Waals surface area contributed by atoms with E-state index in [4.69, 9.17) is 16.9 Å². The van der Waals surface area contributed by atoms with E-state index in [9.17, 15) is 0 Å². The lowest BCUT2D eigenvalue weighted by molar-refractivity contribution is 0.753. The molecule has 3 aromatic rings. The molecule has 22 heavy (non-hydrogen) atoms. The van der Waals surface area contributed by atoms with Gasteiger partial charge in [-0.2, -0.15) is 5.26 Å². The van der Waals surface area contributed by atoms with Crippen LogP contribution in [0.1, 0.15) is 22.4 Å². The van der Waals surface area contributed by atoms with Crippen LogP contribution in [0.4, 0.5) is 0 Å². The highest BCUT2D eigenvalue weighted by molar-refractivity contribution is 6.30. The topological polar surface area (TPSA) is 41.6 Å². The lowest BCUT2D eigenvalue weighted by atomic mass is 10.1. The Morgan fingerprint density at radius 1 is 1.09 bits per heavy atom. The molecular formula is C18H14ClN3. The fraction of sp³-hybridized carbons (Fsp3) is 0.111. The van der Waals surface area contributed by atoms with Gasteiger partial charge in [0.2, 0.25) is 0 Å². The van der Waals surface area contributed by atoms with E-state index in [0.717, 1.165) is 34.8 Å². The predicted octanol–water partition coefficient (Wildman–Crippen LogP) is 4.05. The molecule has 3 nitrogen and oxygen atoms in total. The maximum absolute atomic E-state index is 8.84. The van der Waals surface area contributed by atoms with Crippen molar-refractivity contribution < 1.29 is 0 Å². The Balaban J connectivity index is 1.78. The summed E-state index contributed by atoms with van der Waals surface area (Å²) in [5, 5.41) is 9.59. The third kappa shape index (κ3) is 3.36. The summed E-state index contributed by atoms with van der Waals surface area (Å²) in [7, 11) is 0. The first kappa shape index (κ1) is 14.4. The third-order valence-corrected chi connectivity index (χ3v) is 3.74. The Bertz CT molecular complexity index is 813. The molecule has 2 aromatic carbocycles. The molecule has 0 fully saturated rings. The molecule has 1 aromatic heterocycles. The molecule has 0 radical (unpaired) electrons. The molecule has 0 aliphatic rings. The number of halogens is 1. The fourth-order valence-electron chi connectivity index (χ4n) is 2.38. The summed E-state index contributed by atoms with van der Waals surface area (Å²) in [5.74, 6) is 0. The van der Waals surface area contributed by atoms with Crippen molar-refractivity contribution in [3.8, 4) is 6.07 Å². The molecule has 0 saturated carbocycles. The van der Waals surface area contributed by atoms with Gasteiger partial charge in [0.1, 0.15) is 0 Å². The minimum atomic E-state index is 0.675. The second-order valence-electron chi connectivity index (χ2n) is 5.13. The first-order valence-electron chi connectivity index (χ1n) is 6.97. The molecule has 108 valence electrons.